The number of halogens is 2. The van der Waals surface area contributed by atoms with Gasteiger partial charge in [0, 0.05) is 35.3 Å². The Morgan fingerprint density at radius 3 is 2.56 bits per heavy atom. The van der Waals surface area contributed by atoms with Crippen molar-refractivity contribution in [3.8, 4) is 5.75 Å². The number of amides is 1. The molecule has 2 aromatic carbocycles. The van der Waals surface area contributed by atoms with Gasteiger partial charge >= 0.3 is 0 Å². The predicted octanol–water partition coefficient (Wildman–Crippen LogP) is 3.89. The lowest BCUT2D eigenvalue weighted by atomic mass is 10.0. The van der Waals surface area contributed by atoms with Gasteiger partial charge in [-0.15, -0.1) is 0 Å². The summed E-state index contributed by atoms with van der Waals surface area (Å²) < 4.78 is 19.1. The summed E-state index contributed by atoms with van der Waals surface area (Å²) in [5.41, 5.74) is 1.37. The van der Waals surface area contributed by atoms with E-state index >= 15 is 0 Å². The molecular formula is C19H19ClFNO3. The van der Waals surface area contributed by atoms with Crippen molar-refractivity contribution in [2.24, 2.45) is 0 Å². The number of hydrogen-bond donors (Lipinski definition) is 0. The molecule has 0 atom stereocenters. The summed E-state index contributed by atoms with van der Waals surface area (Å²) in [4.78, 5) is 25.4. The number of carbonyl (C=O) groups excluding carboxylic acids is 2. The van der Waals surface area contributed by atoms with Gasteiger partial charge in [-0.1, -0.05) is 17.7 Å². The zero-order valence-corrected chi connectivity index (χ0v) is 15.1. The fourth-order valence-electron chi connectivity index (χ4n) is 2.44. The van der Waals surface area contributed by atoms with Crippen molar-refractivity contribution >= 4 is 23.3 Å². The quantitative estimate of drug-likeness (QED) is 0.731. The minimum atomic E-state index is -0.455. The van der Waals surface area contributed by atoms with Crippen LogP contribution in [0, 0.1) is 5.82 Å². The highest BCUT2D eigenvalue weighted by Gasteiger charge is 2.17. The fourth-order valence-corrected chi connectivity index (χ4v) is 2.67. The molecule has 25 heavy (non-hydrogen) atoms. The fraction of sp³-hybridized carbons (Fsp3) is 0.263. The van der Waals surface area contributed by atoms with Crippen LogP contribution in [0.3, 0.4) is 0 Å². The Morgan fingerprint density at radius 1 is 1.24 bits per heavy atom. The summed E-state index contributed by atoms with van der Waals surface area (Å²) in [5.74, 6) is -0.264. The van der Waals surface area contributed by atoms with E-state index in [-0.39, 0.29) is 35.2 Å². The van der Waals surface area contributed by atoms with E-state index < -0.39 is 5.82 Å². The molecule has 0 N–H and O–H groups in total. The van der Waals surface area contributed by atoms with Crippen LogP contribution in [0.1, 0.15) is 28.4 Å². The molecule has 0 unspecified atom stereocenters. The second kappa shape index (κ2) is 8.12. The normalized spacial score (nSPS) is 10.4. The van der Waals surface area contributed by atoms with Gasteiger partial charge in [-0.05, 0) is 37.3 Å². The summed E-state index contributed by atoms with van der Waals surface area (Å²) in [5, 5.41) is 0.274. The predicted molar refractivity (Wildman–Crippen MR) is 94.6 cm³/mol. The summed E-state index contributed by atoms with van der Waals surface area (Å²) in [6.45, 7) is 1.51. The van der Waals surface area contributed by atoms with Crippen molar-refractivity contribution in [3.63, 3.8) is 0 Å². The van der Waals surface area contributed by atoms with E-state index in [1.54, 1.807) is 31.3 Å². The number of likely N-dealkylation sites (N-methyl/N-ethyl adjacent to an activating group) is 1. The highest BCUT2D eigenvalue weighted by molar-refractivity contribution is 6.31. The number of ketones is 1. The molecule has 0 heterocycles. The molecule has 2 aromatic rings. The highest BCUT2D eigenvalue weighted by atomic mass is 35.5. The number of rotatable bonds is 6. The van der Waals surface area contributed by atoms with E-state index in [1.807, 2.05) is 0 Å². The van der Waals surface area contributed by atoms with E-state index in [2.05, 4.69) is 0 Å². The third kappa shape index (κ3) is 4.57. The molecule has 0 saturated heterocycles. The average molecular weight is 364 g/mol. The van der Waals surface area contributed by atoms with Crippen LogP contribution in [-0.4, -0.2) is 30.7 Å². The number of ether oxygens (including phenoxy) is 1. The topological polar surface area (TPSA) is 46.6 Å². The van der Waals surface area contributed by atoms with Gasteiger partial charge in [0.2, 0.25) is 5.91 Å². The summed E-state index contributed by atoms with van der Waals surface area (Å²) >= 11 is 6.01. The molecule has 0 radical (unpaired) electrons. The third-order valence-electron chi connectivity index (χ3n) is 3.91. The lowest BCUT2D eigenvalue weighted by Gasteiger charge is -2.19. The van der Waals surface area contributed by atoms with Crippen LogP contribution in [0.25, 0.3) is 0 Å². The molecule has 4 nitrogen and oxygen atoms in total. The Hall–Kier alpha value is -2.40. The van der Waals surface area contributed by atoms with Gasteiger partial charge in [0.15, 0.2) is 5.78 Å². The second-order valence-electron chi connectivity index (χ2n) is 5.71. The highest BCUT2D eigenvalue weighted by Crippen LogP contribution is 2.23. The minimum absolute atomic E-state index is 0.0346. The van der Waals surface area contributed by atoms with E-state index in [4.69, 9.17) is 16.3 Å². The van der Waals surface area contributed by atoms with Gasteiger partial charge < -0.3 is 9.64 Å². The Bertz CT molecular complexity index is 787. The Labute approximate surface area is 151 Å². The van der Waals surface area contributed by atoms with Crippen LogP contribution in [0.15, 0.2) is 36.4 Å². The van der Waals surface area contributed by atoms with Gasteiger partial charge in [-0.3, -0.25) is 9.59 Å². The lowest BCUT2D eigenvalue weighted by Crippen LogP contribution is -2.28. The SMILES string of the molecule is COc1ccc(C(C)=O)cc1CC(=O)N(C)Cc1c(F)cccc1Cl. The molecule has 0 bridgehead atoms. The molecule has 2 rings (SSSR count). The Balaban J connectivity index is 2.18. The van der Waals surface area contributed by atoms with Crippen molar-refractivity contribution in [1.82, 2.24) is 4.90 Å². The summed E-state index contributed by atoms with van der Waals surface area (Å²) in [6, 6.07) is 9.35. The van der Waals surface area contributed by atoms with E-state index in [0.29, 0.717) is 16.9 Å². The minimum Gasteiger partial charge on any atom is -0.496 e. The van der Waals surface area contributed by atoms with Gasteiger partial charge in [-0.25, -0.2) is 4.39 Å². The maximum absolute atomic E-state index is 13.9. The second-order valence-corrected chi connectivity index (χ2v) is 6.12. The van der Waals surface area contributed by atoms with Crippen LogP contribution in [0.5, 0.6) is 5.75 Å². The molecular weight excluding hydrogens is 345 g/mol. The van der Waals surface area contributed by atoms with Gasteiger partial charge in [-0.2, -0.15) is 0 Å². The largest absolute Gasteiger partial charge is 0.496 e. The molecule has 0 aliphatic carbocycles. The number of nitrogens with zero attached hydrogens (tertiary/aromatic N) is 1. The Kier molecular flexibility index (Phi) is 6.15. The number of carbonyl (C=O) groups is 2. The molecule has 132 valence electrons. The average Bonchev–Trinajstić information content (AvgIpc) is 2.57. The van der Waals surface area contributed by atoms with Crippen molar-refractivity contribution < 1.29 is 18.7 Å². The van der Waals surface area contributed by atoms with Crippen LogP contribution < -0.4 is 4.74 Å². The standard InChI is InChI=1S/C19H19ClFNO3/c1-12(23)13-7-8-18(25-3)14(9-13)10-19(24)22(2)11-15-16(20)5-4-6-17(15)21/h4-9H,10-11H2,1-3H3. The first-order valence-electron chi connectivity index (χ1n) is 7.68. The van der Waals surface area contributed by atoms with Crippen molar-refractivity contribution in [2.45, 2.75) is 19.9 Å². The van der Waals surface area contributed by atoms with Crippen molar-refractivity contribution in [3.05, 3.63) is 63.9 Å². The molecule has 0 spiro atoms. The molecule has 0 aliphatic heterocycles. The number of Topliss-reactive ketones (excluding diaryl/α,β-unsaturated/α-hetero) is 1. The maximum atomic E-state index is 13.9. The van der Waals surface area contributed by atoms with E-state index in [0.717, 1.165) is 0 Å². The number of methoxy groups -OCH3 is 1. The first kappa shape index (κ1) is 18.9. The third-order valence-corrected chi connectivity index (χ3v) is 4.27. The molecule has 6 heteroatoms. The van der Waals surface area contributed by atoms with Crippen LogP contribution in [-0.2, 0) is 17.8 Å². The first-order chi connectivity index (χ1) is 11.8. The zero-order valence-electron chi connectivity index (χ0n) is 14.3. The van der Waals surface area contributed by atoms with Gasteiger partial charge in [0.1, 0.15) is 11.6 Å². The monoisotopic (exact) mass is 363 g/mol. The van der Waals surface area contributed by atoms with E-state index in [9.17, 15) is 14.0 Å². The first-order valence-corrected chi connectivity index (χ1v) is 8.06. The van der Waals surface area contributed by atoms with Crippen molar-refractivity contribution in [1.29, 1.82) is 0 Å². The van der Waals surface area contributed by atoms with Crippen molar-refractivity contribution in [2.75, 3.05) is 14.2 Å². The smallest absolute Gasteiger partial charge is 0.227 e. The van der Waals surface area contributed by atoms with Crippen LogP contribution in [0.2, 0.25) is 5.02 Å². The zero-order chi connectivity index (χ0) is 18.6. The molecule has 0 saturated carbocycles. The summed E-state index contributed by atoms with van der Waals surface area (Å²) in [7, 11) is 3.08. The molecule has 0 fully saturated rings. The summed E-state index contributed by atoms with van der Waals surface area (Å²) in [6.07, 6.45) is 0.0346. The maximum Gasteiger partial charge on any atom is 0.227 e. The molecule has 1 amide bonds. The van der Waals surface area contributed by atoms with Crippen LogP contribution >= 0.6 is 11.6 Å². The number of benzene rings is 2. The molecule has 0 aromatic heterocycles. The lowest BCUT2D eigenvalue weighted by molar-refractivity contribution is -0.129. The Morgan fingerprint density at radius 2 is 1.96 bits per heavy atom. The van der Waals surface area contributed by atoms with E-state index in [1.165, 1.54) is 31.1 Å². The van der Waals surface area contributed by atoms with Crippen LogP contribution in [0.4, 0.5) is 4.39 Å². The van der Waals surface area contributed by atoms with Gasteiger partial charge in [0.25, 0.3) is 0 Å². The van der Waals surface area contributed by atoms with Gasteiger partial charge in [0.05, 0.1) is 13.5 Å². The number of hydrogen-bond acceptors (Lipinski definition) is 3. The molecule has 0 aliphatic rings.